The van der Waals surface area contributed by atoms with Crippen molar-refractivity contribution in [2.24, 2.45) is 0 Å². The Labute approximate surface area is 167 Å². The molecular weight excluding hydrogens is 358 g/mol. The molecule has 7 nitrogen and oxygen atoms in total. The molecule has 1 aromatic carbocycles. The third-order valence-corrected chi connectivity index (χ3v) is 3.97. The Kier molecular flexibility index (Phi) is 8.02. The van der Waals surface area contributed by atoms with Crippen LogP contribution in [0.15, 0.2) is 18.2 Å². The molecule has 0 spiro atoms. The number of carbonyl (C=O) groups excluding carboxylic acids is 3. The minimum atomic E-state index is -0.796. The Bertz CT molecular complexity index is 723. The number of benzene rings is 1. The summed E-state index contributed by atoms with van der Waals surface area (Å²) in [6, 6.07) is 4.93. The van der Waals surface area contributed by atoms with Crippen LogP contribution in [0.5, 0.6) is 0 Å². The van der Waals surface area contributed by atoms with E-state index in [1.807, 2.05) is 45.9 Å². The summed E-state index contributed by atoms with van der Waals surface area (Å²) in [5.74, 6) is -0.660. The van der Waals surface area contributed by atoms with Gasteiger partial charge in [-0.1, -0.05) is 23.8 Å². The average molecular weight is 392 g/mol. The first-order valence-electron chi connectivity index (χ1n) is 9.42. The molecule has 0 saturated carbocycles. The van der Waals surface area contributed by atoms with Gasteiger partial charge in [0.15, 0.2) is 0 Å². The zero-order chi connectivity index (χ0) is 21.6. The molecule has 0 radical (unpaired) electrons. The van der Waals surface area contributed by atoms with Crippen LogP contribution >= 0.6 is 0 Å². The summed E-state index contributed by atoms with van der Waals surface area (Å²) >= 11 is 0. The number of hydrogen-bond acceptors (Lipinski definition) is 4. The molecule has 0 bridgehead atoms. The molecule has 1 unspecified atom stereocenters. The molecule has 0 heterocycles. The van der Waals surface area contributed by atoms with Gasteiger partial charge in [-0.05, 0) is 59.6 Å². The van der Waals surface area contributed by atoms with Crippen LogP contribution in [-0.2, 0) is 14.3 Å². The third kappa shape index (κ3) is 7.21. The quantitative estimate of drug-likeness (QED) is 0.781. The normalized spacial score (nSPS) is 12.3. The second-order valence-electron chi connectivity index (χ2n) is 8.29. The highest BCUT2D eigenvalue weighted by molar-refractivity contribution is 5.90. The van der Waals surface area contributed by atoms with Crippen molar-refractivity contribution in [3.8, 4) is 0 Å². The Morgan fingerprint density at radius 3 is 2.29 bits per heavy atom. The number of carbonyl (C=O) groups is 3. The van der Waals surface area contributed by atoms with Gasteiger partial charge in [0.25, 0.3) is 0 Å². The highest BCUT2D eigenvalue weighted by Gasteiger charge is 2.30. The SMILES string of the molecule is Cc1ccc(C)c(C(C(=O)NC(C)C)N(C)C(=O)CNC(=O)OC(C)(C)C)c1. The zero-order valence-electron chi connectivity index (χ0n) is 18.2. The van der Waals surface area contributed by atoms with Crippen LogP contribution in [0.2, 0.25) is 0 Å². The van der Waals surface area contributed by atoms with E-state index in [1.54, 1.807) is 27.8 Å². The van der Waals surface area contributed by atoms with Crippen molar-refractivity contribution in [2.75, 3.05) is 13.6 Å². The highest BCUT2D eigenvalue weighted by atomic mass is 16.6. The van der Waals surface area contributed by atoms with Crippen LogP contribution in [0, 0.1) is 13.8 Å². The van der Waals surface area contributed by atoms with Gasteiger partial charge in [0, 0.05) is 13.1 Å². The molecule has 1 rings (SSSR count). The molecule has 2 N–H and O–H groups in total. The third-order valence-electron chi connectivity index (χ3n) is 3.97. The number of alkyl carbamates (subject to hydrolysis) is 1. The summed E-state index contributed by atoms with van der Waals surface area (Å²) in [5.41, 5.74) is 2.01. The van der Waals surface area contributed by atoms with Crippen molar-refractivity contribution in [1.29, 1.82) is 0 Å². The zero-order valence-corrected chi connectivity index (χ0v) is 18.2. The Morgan fingerprint density at radius 2 is 1.75 bits per heavy atom. The van der Waals surface area contributed by atoms with Gasteiger partial charge in [0.1, 0.15) is 18.2 Å². The molecule has 0 aromatic heterocycles. The summed E-state index contributed by atoms with van der Waals surface area (Å²) in [6.07, 6.45) is -0.677. The molecule has 156 valence electrons. The molecule has 1 aromatic rings. The molecule has 0 fully saturated rings. The predicted molar refractivity (Wildman–Crippen MR) is 109 cm³/mol. The number of ether oxygens (including phenoxy) is 1. The van der Waals surface area contributed by atoms with Crippen LogP contribution in [0.4, 0.5) is 4.79 Å². The summed E-state index contributed by atoms with van der Waals surface area (Å²) in [7, 11) is 1.56. The van der Waals surface area contributed by atoms with Gasteiger partial charge in [-0.15, -0.1) is 0 Å². The van der Waals surface area contributed by atoms with Crippen molar-refractivity contribution in [3.05, 3.63) is 34.9 Å². The topological polar surface area (TPSA) is 87.7 Å². The van der Waals surface area contributed by atoms with Gasteiger partial charge in [0.2, 0.25) is 11.8 Å². The maximum Gasteiger partial charge on any atom is 0.408 e. The maximum atomic E-state index is 12.9. The van der Waals surface area contributed by atoms with E-state index < -0.39 is 23.6 Å². The summed E-state index contributed by atoms with van der Waals surface area (Å²) in [4.78, 5) is 38.7. The van der Waals surface area contributed by atoms with Crippen molar-refractivity contribution in [3.63, 3.8) is 0 Å². The molecule has 0 aliphatic heterocycles. The number of nitrogens with zero attached hydrogens (tertiary/aromatic N) is 1. The second-order valence-corrected chi connectivity index (χ2v) is 8.29. The minimum absolute atomic E-state index is 0.0662. The van der Waals surface area contributed by atoms with Gasteiger partial charge in [-0.25, -0.2) is 4.79 Å². The van der Waals surface area contributed by atoms with Gasteiger partial charge in [-0.2, -0.15) is 0 Å². The van der Waals surface area contributed by atoms with Gasteiger partial charge >= 0.3 is 6.09 Å². The minimum Gasteiger partial charge on any atom is -0.444 e. The lowest BCUT2D eigenvalue weighted by Crippen LogP contribution is -2.47. The van der Waals surface area contributed by atoms with E-state index in [9.17, 15) is 14.4 Å². The maximum absolute atomic E-state index is 12.9. The highest BCUT2D eigenvalue weighted by Crippen LogP contribution is 2.25. The standard InChI is InChI=1S/C21H33N3O4/c1-13(2)23-19(26)18(16-11-14(3)9-10-15(16)4)24(8)17(25)12-22-20(27)28-21(5,6)7/h9-11,13,18H,12H2,1-8H3,(H,22,27)(H,23,26). The molecular formula is C21H33N3O4. The molecule has 0 aliphatic carbocycles. The van der Waals surface area contributed by atoms with Crippen molar-refractivity contribution in [2.45, 2.75) is 66.2 Å². The van der Waals surface area contributed by atoms with Crippen LogP contribution < -0.4 is 10.6 Å². The van der Waals surface area contributed by atoms with E-state index in [1.165, 1.54) is 4.90 Å². The number of hydrogen-bond donors (Lipinski definition) is 2. The monoisotopic (exact) mass is 391 g/mol. The van der Waals surface area contributed by atoms with Crippen LogP contribution in [0.25, 0.3) is 0 Å². The number of nitrogens with one attached hydrogen (secondary N) is 2. The van der Waals surface area contributed by atoms with Gasteiger partial charge in [-0.3, -0.25) is 9.59 Å². The summed E-state index contributed by atoms with van der Waals surface area (Å²) < 4.78 is 5.15. The predicted octanol–water partition coefficient (Wildman–Crippen LogP) is 2.85. The van der Waals surface area contributed by atoms with Crippen LogP contribution in [0.3, 0.4) is 0 Å². The number of aryl methyl sites for hydroxylation is 2. The Morgan fingerprint density at radius 1 is 1.14 bits per heavy atom. The molecule has 3 amide bonds. The van der Waals surface area contributed by atoms with Crippen molar-refractivity contribution >= 4 is 17.9 Å². The first-order chi connectivity index (χ1) is 12.8. The number of amides is 3. The Hall–Kier alpha value is -2.57. The molecule has 7 heteroatoms. The number of rotatable bonds is 6. The number of likely N-dealkylation sites (N-methyl/N-ethyl adjacent to an activating group) is 1. The lowest BCUT2D eigenvalue weighted by molar-refractivity contribution is -0.138. The fourth-order valence-corrected chi connectivity index (χ4v) is 2.67. The van der Waals surface area contributed by atoms with Gasteiger partial charge in [0.05, 0.1) is 0 Å². The first kappa shape index (κ1) is 23.5. The van der Waals surface area contributed by atoms with Crippen molar-refractivity contribution < 1.29 is 19.1 Å². The van der Waals surface area contributed by atoms with E-state index in [0.29, 0.717) is 0 Å². The molecule has 1 atom stereocenters. The smallest absolute Gasteiger partial charge is 0.408 e. The van der Waals surface area contributed by atoms with Crippen molar-refractivity contribution in [1.82, 2.24) is 15.5 Å². The molecule has 28 heavy (non-hydrogen) atoms. The van der Waals surface area contributed by atoms with Crippen LogP contribution in [-0.4, -0.2) is 48.0 Å². The lowest BCUT2D eigenvalue weighted by Gasteiger charge is -2.30. The largest absolute Gasteiger partial charge is 0.444 e. The average Bonchev–Trinajstić information content (AvgIpc) is 2.53. The first-order valence-corrected chi connectivity index (χ1v) is 9.42. The fourth-order valence-electron chi connectivity index (χ4n) is 2.67. The van der Waals surface area contributed by atoms with Crippen LogP contribution in [0.1, 0.15) is 57.4 Å². The summed E-state index contributed by atoms with van der Waals surface area (Å²) in [5, 5.41) is 5.32. The van der Waals surface area contributed by atoms with Gasteiger partial charge < -0.3 is 20.3 Å². The molecule has 0 aliphatic rings. The lowest BCUT2D eigenvalue weighted by atomic mass is 9.97. The van der Waals surface area contributed by atoms with E-state index in [2.05, 4.69) is 10.6 Å². The summed E-state index contributed by atoms with van der Waals surface area (Å²) in [6.45, 7) is 12.5. The fraction of sp³-hybridized carbons (Fsp3) is 0.571. The second kappa shape index (κ2) is 9.57. The van der Waals surface area contributed by atoms with E-state index >= 15 is 0 Å². The van der Waals surface area contributed by atoms with E-state index in [-0.39, 0.29) is 18.5 Å². The molecule has 0 saturated heterocycles. The van der Waals surface area contributed by atoms with E-state index in [4.69, 9.17) is 4.74 Å². The van der Waals surface area contributed by atoms with E-state index in [0.717, 1.165) is 16.7 Å². The Balaban J connectivity index is 3.03.